The summed E-state index contributed by atoms with van der Waals surface area (Å²) >= 11 is 1.53. The monoisotopic (exact) mass is 336 g/mol. The number of nitrogens with one attached hydrogen (secondary N) is 1. The Bertz CT molecular complexity index is 779. The second-order valence-electron chi connectivity index (χ2n) is 4.65. The number of thiophene rings is 1. The maximum atomic E-state index is 12.1. The lowest BCUT2D eigenvalue weighted by Gasteiger charge is -2.12. The first-order valence-electron chi connectivity index (χ1n) is 6.45. The van der Waals surface area contributed by atoms with Crippen molar-refractivity contribution in [3.05, 3.63) is 52.7 Å². The summed E-state index contributed by atoms with van der Waals surface area (Å²) in [7, 11) is -0.592. The van der Waals surface area contributed by atoms with Crippen LogP contribution in [-0.2, 0) is 14.8 Å². The zero-order chi connectivity index (χ0) is 16.2. The largest absolute Gasteiger partial charge is 0.322 e. The fourth-order valence-electron chi connectivity index (χ4n) is 1.67. The van der Waals surface area contributed by atoms with E-state index < -0.39 is 10.0 Å². The summed E-state index contributed by atoms with van der Waals surface area (Å²) in [6.45, 7) is 0. The number of carbonyl (C=O) groups is 1. The van der Waals surface area contributed by atoms with E-state index in [2.05, 4.69) is 5.32 Å². The van der Waals surface area contributed by atoms with Crippen LogP contribution in [0.25, 0.3) is 6.08 Å². The first-order chi connectivity index (χ1) is 10.4. The van der Waals surface area contributed by atoms with Crippen molar-refractivity contribution < 1.29 is 13.2 Å². The number of carbonyl (C=O) groups excluding carboxylic acids is 1. The Hall–Kier alpha value is -1.96. The van der Waals surface area contributed by atoms with Gasteiger partial charge in [0, 0.05) is 30.7 Å². The zero-order valence-electron chi connectivity index (χ0n) is 12.2. The predicted octanol–water partition coefficient (Wildman–Crippen LogP) is 2.65. The molecular weight excluding hydrogens is 320 g/mol. The van der Waals surface area contributed by atoms with Crippen molar-refractivity contribution in [2.75, 3.05) is 19.4 Å². The molecule has 0 aliphatic carbocycles. The molecule has 2 rings (SSSR count). The summed E-state index contributed by atoms with van der Waals surface area (Å²) in [5, 5.41) is 4.58. The van der Waals surface area contributed by atoms with E-state index >= 15 is 0 Å². The van der Waals surface area contributed by atoms with Crippen molar-refractivity contribution in [1.82, 2.24) is 4.31 Å². The summed E-state index contributed by atoms with van der Waals surface area (Å²) in [6, 6.07) is 9.97. The molecule has 0 spiro atoms. The smallest absolute Gasteiger partial charge is 0.248 e. The van der Waals surface area contributed by atoms with E-state index in [0.29, 0.717) is 5.69 Å². The van der Waals surface area contributed by atoms with Crippen LogP contribution < -0.4 is 5.32 Å². The maximum absolute atomic E-state index is 12.1. The van der Waals surface area contributed by atoms with Gasteiger partial charge in [-0.1, -0.05) is 12.1 Å². The van der Waals surface area contributed by atoms with Crippen molar-refractivity contribution in [1.29, 1.82) is 0 Å². The standard InChI is InChI=1S/C15H16N2O3S2/c1-17(2)22(19,20)14-7-3-5-12(11-14)16-15(18)9-8-13-6-4-10-21-13/h3-11H,1-2H3,(H,16,18)/b9-8+. The van der Waals surface area contributed by atoms with Crippen LogP contribution in [0.2, 0.25) is 0 Å². The molecule has 0 bridgehead atoms. The lowest BCUT2D eigenvalue weighted by molar-refractivity contribution is -0.111. The van der Waals surface area contributed by atoms with Gasteiger partial charge in [-0.05, 0) is 35.7 Å². The number of sulfonamides is 1. The summed E-state index contributed by atoms with van der Waals surface area (Å²) in [6.07, 6.45) is 3.12. The Morgan fingerprint density at radius 3 is 2.64 bits per heavy atom. The minimum atomic E-state index is -3.52. The van der Waals surface area contributed by atoms with E-state index in [4.69, 9.17) is 0 Å². The van der Waals surface area contributed by atoms with Gasteiger partial charge in [0.1, 0.15) is 0 Å². The van der Waals surface area contributed by atoms with E-state index in [1.54, 1.807) is 18.2 Å². The number of hydrogen-bond acceptors (Lipinski definition) is 4. The molecule has 1 aromatic heterocycles. The normalized spacial score (nSPS) is 12.0. The average Bonchev–Trinajstić information content (AvgIpc) is 2.98. The SMILES string of the molecule is CN(C)S(=O)(=O)c1cccc(NC(=O)/C=C/c2cccs2)c1. The summed E-state index contributed by atoms with van der Waals surface area (Å²) in [4.78, 5) is 13.0. The van der Waals surface area contributed by atoms with Crippen LogP contribution in [0.15, 0.2) is 52.7 Å². The second kappa shape index (κ2) is 6.87. The van der Waals surface area contributed by atoms with Crippen LogP contribution in [0.3, 0.4) is 0 Å². The highest BCUT2D eigenvalue weighted by atomic mass is 32.2. The van der Waals surface area contributed by atoms with Gasteiger partial charge in [-0.3, -0.25) is 4.79 Å². The highest BCUT2D eigenvalue weighted by Crippen LogP contribution is 2.18. The van der Waals surface area contributed by atoms with Gasteiger partial charge in [0.05, 0.1) is 4.90 Å². The van der Waals surface area contributed by atoms with Gasteiger partial charge in [-0.15, -0.1) is 11.3 Å². The molecule has 1 N–H and O–H groups in total. The summed E-state index contributed by atoms with van der Waals surface area (Å²) in [5.74, 6) is -0.312. The molecule has 0 fully saturated rings. The van der Waals surface area contributed by atoms with Gasteiger partial charge in [0.15, 0.2) is 0 Å². The predicted molar refractivity (Wildman–Crippen MR) is 89.3 cm³/mol. The minimum absolute atomic E-state index is 0.137. The van der Waals surface area contributed by atoms with E-state index in [1.165, 1.54) is 43.6 Å². The van der Waals surface area contributed by atoms with Crippen LogP contribution in [0.5, 0.6) is 0 Å². The molecule has 7 heteroatoms. The van der Waals surface area contributed by atoms with Gasteiger partial charge in [-0.25, -0.2) is 12.7 Å². The van der Waals surface area contributed by atoms with Crippen molar-refractivity contribution in [2.45, 2.75) is 4.90 Å². The third-order valence-corrected chi connectivity index (χ3v) is 5.47. The first kappa shape index (κ1) is 16.4. The topological polar surface area (TPSA) is 66.5 Å². The molecule has 0 radical (unpaired) electrons. The Kier molecular flexibility index (Phi) is 5.12. The van der Waals surface area contributed by atoms with Crippen molar-refractivity contribution in [3.63, 3.8) is 0 Å². The van der Waals surface area contributed by atoms with Gasteiger partial charge < -0.3 is 5.32 Å². The van der Waals surface area contributed by atoms with Crippen LogP contribution in [-0.4, -0.2) is 32.7 Å². The van der Waals surface area contributed by atoms with Crippen molar-refractivity contribution in [3.8, 4) is 0 Å². The van der Waals surface area contributed by atoms with E-state index in [9.17, 15) is 13.2 Å². The Morgan fingerprint density at radius 1 is 1.23 bits per heavy atom. The molecule has 116 valence electrons. The summed E-state index contributed by atoms with van der Waals surface area (Å²) < 4.78 is 25.2. The molecule has 5 nitrogen and oxygen atoms in total. The fraction of sp³-hybridized carbons (Fsp3) is 0.133. The molecular formula is C15H16N2O3S2. The zero-order valence-corrected chi connectivity index (χ0v) is 13.8. The van der Waals surface area contributed by atoms with Gasteiger partial charge >= 0.3 is 0 Å². The van der Waals surface area contributed by atoms with Gasteiger partial charge in [-0.2, -0.15) is 0 Å². The maximum Gasteiger partial charge on any atom is 0.248 e. The fourth-order valence-corrected chi connectivity index (χ4v) is 3.24. The van der Waals surface area contributed by atoms with Crippen LogP contribution in [0.4, 0.5) is 5.69 Å². The highest BCUT2D eigenvalue weighted by Gasteiger charge is 2.17. The molecule has 22 heavy (non-hydrogen) atoms. The number of anilines is 1. The van der Waals surface area contributed by atoms with Crippen LogP contribution in [0.1, 0.15) is 4.88 Å². The first-order valence-corrected chi connectivity index (χ1v) is 8.77. The molecule has 2 aromatic rings. The van der Waals surface area contributed by atoms with E-state index in [1.807, 2.05) is 17.5 Å². The average molecular weight is 336 g/mol. The minimum Gasteiger partial charge on any atom is -0.322 e. The van der Waals surface area contributed by atoms with Crippen molar-refractivity contribution in [2.24, 2.45) is 0 Å². The number of amides is 1. The summed E-state index contributed by atoms with van der Waals surface area (Å²) in [5.41, 5.74) is 0.434. The molecule has 1 aromatic carbocycles. The van der Waals surface area contributed by atoms with Crippen molar-refractivity contribution >= 4 is 39.0 Å². The number of benzene rings is 1. The Labute approximate surface area is 133 Å². The molecule has 0 unspecified atom stereocenters. The molecule has 0 atom stereocenters. The molecule has 0 aliphatic heterocycles. The third kappa shape index (κ3) is 4.03. The third-order valence-electron chi connectivity index (χ3n) is 2.82. The second-order valence-corrected chi connectivity index (χ2v) is 7.78. The Balaban J connectivity index is 2.12. The highest BCUT2D eigenvalue weighted by molar-refractivity contribution is 7.89. The Morgan fingerprint density at radius 2 is 2.00 bits per heavy atom. The number of hydrogen-bond donors (Lipinski definition) is 1. The molecule has 1 amide bonds. The molecule has 1 heterocycles. The number of rotatable bonds is 5. The van der Waals surface area contributed by atoms with Gasteiger partial charge in [0.25, 0.3) is 0 Å². The molecule has 0 saturated heterocycles. The van der Waals surface area contributed by atoms with Crippen LogP contribution in [0, 0.1) is 0 Å². The molecule has 0 aliphatic rings. The molecule has 0 saturated carbocycles. The quantitative estimate of drug-likeness (QED) is 0.854. The van der Waals surface area contributed by atoms with E-state index in [0.717, 1.165) is 9.18 Å². The van der Waals surface area contributed by atoms with Crippen LogP contribution >= 0.6 is 11.3 Å². The lowest BCUT2D eigenvalue weighted by Crippen LogP contribution is -2.22. The lowest BCUT2D eigenvalue weighted by atomic mass is 10.3. The van der Waals surface area contributed by atoms with Gasteiger partial charge in [0.2, 0.25) is 15.9 Å². The number of nitrogens with zero attached hydrogens (tertiary/aromatic N) is 1. The van der Waals surface area contributed by atoms with E-state index in [-0.39, 0.29) is 10.8 Å².